The first-order chi connectivity index (χ1) is 30.4. The van der Waals surface area contributed by atoms with E-state index in [1.54, 1.807) is 0 Å². The van der Waals surface area contributed by atoms with Crippen LogP contribution in [-0.4, -0.2) is 107 Å². The molecule has 0 saturated carbocycles. The van der Waals surface area contributed by atoms with Gasteiger partial charge < -0.3 is 40.3 Å². The van der Waals surface area contributed by atoms with Crippen molar-refractivity contribution >= 4 is 16.3 Å². The number of carbonyl (C=O) groups excluding carboxylic acids is 1. The van der Waals surface area contributed by atoms with Crippen molar-refractivity contribution in [2.24, 2.45) is 0 Å². The van der Waals surface area contributed by atoms with Gasteiger partial charge in [0.1, 0.15) is 30.5 Å². The normalized spacial score (nSPS) is 21.0. The molecule has 0 aromatic heterocycles. The van der Waals surface area contributed by atoms with E-state index in [4.69, 9.17) is 9.47 Å². The number of hydrogen-bond donors (Lipinski definition) is 7. The number of amides is 1. The van der Waals surface area contributed by atoms with E-state index in [-0.39, 0.29) is 6.42 Å². The monoisotopic (exact) mass is 920 g/mol. The van der Waals surface area contributed by atoms with Crippen molar-refractivity contribution in [2.75, 3.05) is 13.2 Å². The lowest BCUT2D eigenvalue weighted by molar-refractivity contribution is -0.298. The molecule has 0 aliphatic carbocycles. The van der Waals surface area contributed by atoms with Crippen LogP contribution in [0.3, 0.4) is 0 Å². The molecule has 1 aliphatic heterocycles. The molecule has 1 amide bonds. The van der Waals surface area contributed by atoms with E-state index in [0.29, 0.717) is 19.3 Å². The van der Waals surface area contributed by atoms with Crippen LogP contribution < -0.4 is 5.32 Å². The number of rotatable bonds is 43. The summed E-state index contributed by atoms with van der Waals surface area (Å²) < 4.78 is 47.7. The Morgan fingerprint density at radius 1 is 0.651 bits per heavy atom. The lowest BCUT2D eigenvalue weighted by Crippen LogP contribution is -2.61. The molecule has 0 spiro atoms. The van der Waals surface area contributed by atoms with Crippen LogP contribution in [-0.2, 0) is 28.9 Å². The zero-order chi connectivity index (χ0) is 46.4. The Balaban J connectivity index is 2.47. The van der Waals surface area contributed by atoms with Crippen LogP contribution in [0.5, 0.6) is 0 Å². The first-order valence-electron chi connectivity index (χ1n) is 25.3. The lowest BCUT2D eigenvalue weighted by atomic mass is 9.99. The Labute approximate surface area is 383 Å². The minimum Gasteiger partial charge on any atom is -0.394 e. The third kappa shape index (κ3) is 32.0. The molecule has 0 bridgehead atoms. The maximum absolute atomic E-state index is 13.2. The van der Waals surface area contributed by atoms with Gasteiger partial charge in [-0.3, -0.25) is 9.35 Å². The van der Waals surface area contributed by atoms with Gasteiger partial charge in [0, 0.05) is 0 Å². The molecular formula is C49H93NO12S. The van der Waals surface area contributed by atoms with Crippen molar-refractivity contribution in [2.45, 2.75) is 268 Å². The van der Waals surface area contributed by atoms with Gasteiger partial charge in [-0.1, -0.05) is 205 Å². The van der Waals surface area contributed by atoms with Crippen LogP contribution in [0.2, 0.25) is 0 Å². The predicted octanol–water partition coefficient (Wildman–Crippen LogP) is 9.47. The van der Waals surface area contributed by atoms with E-state index in [0.717, 1.165) is 51.4 Å². The number of aliphatic hydroxyl groups is 5. The predicted molar refractivity (Wildman–Crippen MR) is 251 cm³/mol. The molecule has 0 aromatic carbocycles. The van der Waals surface area contributed by atoms with Crippen LogP contribution in [0.1, 0.15) is 219 Å². The van der Waals surface area contributed by atoms with Gasteiger partial charge in [0.2, 0.25) is 5.91 Å². The third-order valence-electron chi connectivity index (χ3n) is 12.1. The first kappa shape index (κ1) is 59.6. The Morgan fingerprint density at radius 3 is 1.59 bits per heavy atom. The molecule has 1 fully saturated rings. The molecule has 372 valence electrons. The molecule has 0 radical (unpaired) electrons. The maximum atomic E-state index is 13.2. The SMILES string of the molecule is CC/C=C\C/C=C\CCCCCCCCCCCCCCCC(O)C(=O)NC(COC1OC(CO)C(O)C(OS(=O)(=O)O)C1O)C(O)CCCCCCCCCCCCCCCC. The smallest absolute Gasteiger partial charge is 0.394 e. The molecule has 1 rings (SSSR count). The van der Waals surface area contributed by atoms with Crippen molar-refractivity contribution in [1.29, 1.82) is 0 Å². The molecule has 1 aliphatic rings. The topological polar surface area (TPSA) is 212 Å². The van der Waals surface area contributed by atoms with E-state index in [1.807, 2.05) is 0 Å². The van der Waals surface area contributed by atoms with Gasteiger partial charge >= 0.3 is 10.4 Å². The fraction of sp³-hybridized carbons (Fsp3) is 0.898. The van der Waals surface area contributed by atoms with Crippen molar-refractivity contribution < 1.29 is 57.0 Å². The summed E-state index contributed by atoms with van der Waals surface area (Å²) in [4.78, 5) is 13.2. The van der Waals surface area contributed by atoms with Gasteiger partial charge in [-0.2, -0.15) is 8.42 Å². The number of hydrogen-bond acceptors (Lipinski definition) is 11. The van der Waals surface area contributed by atoms with E-state index >= 15 is 0 Å². The minimum absolute atomic E-state index is 0.260. The Bertz CT molecular complexity index is 1240. The standard InChI is InChI=1S/C49H93NO12S/c1-3-5-7-9-11-13-15-17-19-20-21-22-23-24-26-28-30-32-34-36-38-43(53)48(56)50-41(40-60-49-46(55)47(62-63(57,58)59)45(54)44(39-51)61-49)42(52)37-35-33-31-29-27-25-18-16-14-12-10-8-6-4-2/h5,7,11,13,41-47,49,51-55H,3-4,6,8-10,12,14-40H2,1-2H3,(H,50,56)(H,57,58,59)/b7-5-,13-11-. The van der Waals surface area contributed by atoms with Crippen LogP contribution in [0.25, 0.3) is 0 Å². The summed E-state index contributed by atoms with van der Waals surface area (Å²) in [5.74, 6) is -0.669. The van der Waals surface area contributed by atoms with E-state index < -0.39 is 78.5 Å². The van der Waals surface area contributed by atoms with Crippen molar-refractivity contribution in [3.63, 3.8) is 0 Å². The summed E-state index contributed by atoms with van der Waals surface area (Å²) in [7, 11) is -5.11. The van der Waals surface area contributed by atoms with Gasteiger partial charge in [-0.05, 0) is 38.5 Å². The fourth-order valence-corrected chi connectivity index (χ4v) is 8.66. The van der Waals surface area contributed by atoms with Gasteiger partial charge in [-0.15, -0.1) is 0 Å². The number of aliphatic hydroxyl groups excluding tert-OH is 5. The van der Waals surface area contributed by atoms with Crippen molar-refractivity contribution in [3.8, 4) is 0 Å². The number of carbonyl (C=O) groups is 1. The second kappa shape index (κ2) is 39.7. The highest BCUT2D eigenvalue weighted by molar-refractivity contribution is 7.80. The van der Waals surface area contributed by atoms with Gasteiger partial charge in [0.05, 0.1) is 25.4 Å². The highest BCUT2D eigenvalue weighted by Gasteiger charge is 2.48. The molecule has 13 nitrogen and oxygen atoms in total. The second-order valence-electron chi connectivity index (χ2n) is 17.9. The van der Waals surface area contributed by atoms with Gasteiger partial charge in [-0.25, -0.2) is 4.18 Å². The maximum Gasteiger partial charge on any atom is 0.397 e. The Kier molecular flexibility index (Phi) is 37.5. The highest BCUT2D eigenvalue weighted by Crippen LogP contribution is 2.26. The zero-order valence-electron chi connectivity index (χ0n) is 39.5. The molecule has 14 heteroatoms. The summed E-state index contributed by atoms with van der Waals surface area (Å²) in [6.07, 6.45) is 33.6. The van der Waals surface area contributed by atoms with Crippen molar-refractivity contribution in [3.05, 3.63) is 24.3 Å². The molecule has 8 unspecified atom stereocenters. The number of ether oxygens (including phenoxy) is 2. The minimum atomic E-state index is -5.11. The van der Waals surface area contributed by atoms with Crippen molar-refractivity contribution in [1.82, 2.24) is 5.32 Å². The second-order valence-corrected chi connectivity index (χ2v) is 18.9. The molecule has 63 heavy (non-hydrogen) atoms. The van der Waals surface area contributed by atoms with Gasteiger partial charge in [0.15, 0.2) is 6.29 Å². The largest absolute Gasteiger partial charge is 0.397 e. The molecular weight excluding hydrogens is 827 g/mol. The van der Waals surface area contributed by atoms with Crippen LogP contribution in [0.15, 0.2) is 24.3 Å². The Morgan fingerprint density at radius 2 is 1.11 bits per heavy atom. The van der Waals surface area contributed by atoms with E-state index in [2.05, 4.69) is 47.7 Å². The molecule has 8 atom stereocenters. The summed E-state index contributed by atoms with van der Waals surface area (Å²) in [5.41, 5.74) is 0. The first-order valence-corrected chi connectivity index (χ1v) is 26.7. The van der Waals surface area contributed by atoms with Crippen LogP contribution in [0.4, 0.5) is 0 Å². The summed E-state index contributed by atoms with van der Waals surface area (Å²) in [6.45, 7) is 3.19. The quantitative estimate of drug-likeness (QED) is 0.0173. The average Bonchev–Trinajstić information content (AvgIpc) is 3.25. The third-order valence-corrected chi connectivity index (χ3v) is 12.6. The molecule has 0 aromatic rings. The Hall–Kier alpha value is -1.46. The van der Waals surface area contributed by atoms with Gasteiger partial charge in [0.25, 0.3) is 0 Å². The number of allylic oxidation sites excluding steroid dienone is 4. The lowest BCUT2D eigenvalue weighted by Gasteiger charge is -2.41. The highest BCUT2D eigenvalue weighted by atomic mass is 32.3. The molecule has 1 heterocycles. The van der Waals surface area contributed by atoms with Crippen LogP contribution >= 0.6 is 0 Å². The number of unbranched alkanes of at least 4 members (excludes halogenated alkanes) is 26. The summed E-state index contributed by atoms with van der Waals surface area (Å²) in [6, 6.07) is -1.03. The van der Waals surface area contributed by atoms with E-state index in [9.17, 15) is 43.3 Å². The van der Waals surface area contributed by atoms with E-state index in [1.165, 1.54) is 128 Å². The molecule has 1 saturated heterocycles. The average molecular weight is 920 g/mol. The zero-order valence-corrected chi connectivity index (χ0v) is 40.3. The number of nitrogens with one attached hydrogen (secondary N) is 1. The summed E-state index contributed by atoms with van der Waals surface area (Å²) in [5, 5.41) is 55.5. The van der Waals surface area contributed by atoms with Crippen LogP contribution in [0, 0.1) is 0 Å². The molecule has 7 N–H and O–H groups in total. The fourth-order valence-electron chi connectivity index (χ4n) is 8.15. The summed E-state index contributed by atoms with van der Waals surface area (Å²) >= 11 is 0.